The van der Waals surface area contributed by atoms with E-state index in [2.05, 4.69) is 0 Å². The summed E-state index contributed by atoms with van der Waals surface area (Å²) < 4.78 is -1.47. The minimum Gasteiger partial charge on any atom is -0.390 e. The predicted molar refractivity (Wildman–Crippen MR) is 41.6 cm³/mol. The number of alkyl halides is 4. The van der Waals surface area contributed by atoms with Crippen molar-refractivity contribution in [2.24, 2.45) is 0 Å². The molecule has 0 aliphatic carbocycles. The molecule has 1 N–H and O–H groups in total. The van der Waals surface area contributed by atoms with E-state index in [1.807, 2.05) is 0 Å². The van der Waals surface area contributed by atoms with Crippen LogP contribution in [0.5, 0.6) is 0 Å². The first-order valence-corrected chi connectivity index (χ1v) is 3.86. The number of hydrogen-bond acceptors (Lipinski definition) is 1. The maximum absolute atomic E-state index is 8.82. The Kier molecular flexibility index (Phi) is 3.93. The maximum Gasteiger partial charge on any atom is 0.173 e. The van der Waals surface area contributed by atoms with Gasteiger partial charge in [0.1, 0.15) is 4.84 Å². The van der Waals surface area contributed by atoms with Crippen LogP contribution >= 0.6 is 46.4 Å². The van der Waals surface area contributed by atoms with Gasteiger partial charge in [-0.25, -0.2) is 0 Å². The van der Waals surface area contributed by atoms with Gasteiger partial charge in [-0.05, 0) is 6.92 Å². The molecule has 0 saturated carbocycles. The second-order valence-corrected chi connectivity index (χ2v) is 4.19. The topological polar surface area (TPSA) is 20.2 Å². The summed E-state index contributed by atoms with van der Waals surface area (Å²) in [6.45, 7) is 1.41. The molecule has 0 heterocycles. The average Bonchev–Trinajstić information content (AvgIpc) is 1.65. The number of rotatable bonds is 2. The standard InChI is InChI=1S/C4H6Cl4O/c1-2(9)4(7,8)3(5)6/h2-3,9H,1H3. The van der Waals surface area contributed by atoms with Crippen molar-refractivity contribution in [2.45, 2.75) is 22.2 Å². The zero-order chi connectivity index (χ0) is 7.65. The Morgan fingerprint density at radius 1 is 1.33 bits per heavy atom. The summed E-state index contributed by atoms with van der Waals surface area (Å²) in [5.74, 6) is 0. The molecule has 5 heteroatoms. The van der Waals surface area contributed by atoms with Crippen LogP contribution in [-0.2, 0) is 0 Å². The fourth-order valence-corrected chi connectivity index (χ4v) is 0.547. The lowest BCUT2D eigenvalue weighted by atomic mass is 10.3. The van der Waals surface area contributed by atoms with Crippen LogP contribution in [0.3, 0.4) is 0 Å². The van der Waals surface area contributed by atoms with Gasteiger partial charge >= 0.3 is 0 Å². The second-order valence-electron chi connectivity index (χ2n) is 1.65. The average molecular weight is 212 g/mol. The van der Waals surface area contributed by atoms with Crippen LogP contribution in [0, 0.1) is 0 Å². The van der Waals surface area contributed by atoms with E-state index < -0.39 is 15.3 Å². The fraction of sp³-hybridized carbons (Fsp3) is 1.00. The first kappa shape index (κ1) is 10.1. The van der Waals surface area contributed by atoms with Gasteiger partial charge in [-0.3, -0.25) is 0 Å². The molecule has 56 valence electrons. The van der Waals surface area contributed by atoms with E-state index in [-0.39, 0.29) is 0 Å². The van der Waals surface area contributed by atoms with Gasteiger partial charge in [0.2, 0.25) is 0 Å². The zero-order valence-electron chi connectivity index (χ0n) is 4.61. The van der Waals surface area contributed by atoms with Gasteiger partial charge < -0.3 is 5.11 Å². The van der Waals surface area contributed by atoms with E-state index in [4.69, 9.17) is 51.5 Å². The molecule has 0 spiro atoms. The summed E-state index contributed by atoms with van der Waals surface area (Å²) in [5, 5.41) is 8.82. The Morgan fingerprint density at radius 3 is 1.67 bits per heavy atom. The van der Waals surface area contributed by atoms with Crippen molar-refractivity contribution in [2.75, 3.05) is 0 Å². The molecule has 1 nitrogen and oxygen atoms in total. The normalized spacial score (nSPS) is 16.3. The molecule has 0 aromatic heterocycles. The Balaban J connectivity index is 4.01. The van der Waals surface area contributed by atoms with E-state index in [9.17, 15) is 0 Å². The molecule has 0 fully saturated rings. The van der Waals surface area contributed by atoms with E-state index in [0.29, 0.717) is 0 Å². The summed E-state index contributed by atoms with van der Waals surface area (Å²) in [6.07, 6.45) is -0.944. The molecule has 0 radical (unpaired) electrons. The number of aliphatic hydroxyl groups is 1. The molecule has 0 aromatic rings. The summed E-state index contributed by atoms with van der Waals surface area (Å²) in [6, 6.07) is 0. The predicted octanol–water partition coefficient (Wildman–Crippen LogP) is 2.34. The van der Waals surface area contributed by atoms with Crippen molar-refractivity contribution >= 4 is 46.4 Å². The van der Waals surface area contributed by atoms with E-state index in [1.54, 1.807) is 0 Å². The quantitative estimate of drug-likeness (QED) is 0.696. The summed E-state index contributed by atoms with van der Waals surface area (Å²) in [7, 11) is 0. The molecule has 0 aliphatic heterocycles. The molecular formula is C4H6Cl4O. The van der Waals surface area contributed by atoms with Crippen LogP contribution in [0.2, 0.25) is 0 Å². The lowest BCUT2D eigenvalue weighted by Gasteiger charge is -2.23. The SMILES string of the molecule is CC(O)C(Cl)(Cl)C(Cl)Cl. The van der Waals surface area contributed by atoms with Gasteiger partial charge in [-0.15, -0.1) is 23.2 Å². The minimum absolute atomic E-state index is 0.944. The highest BCUT2D eigenvalue weighted by atomic mass is 35.5. The molecule has 0 aromatic carbocycles. The summed E-state index contributed by atoms with van der Waals surface area (Å²) in [5.41, 5.74) is 0. The number of aliphatic hydroxyl groups excluding tert-OH is 1. The molecule has 0 saturated heterocycles. The Bertz CT molecular complexity index is 80.6. The van der Waals surface area contributed by atoms with Crippen molar-refractivity contribution in [3.63, 3.8) is 0 Å². The van der Waals surface area contributed by atoms with Crippen LogP contribution in [0.15, 0.2) is 0 Å². The van der Waals surface area contributed by atoms with Crippen molar-refractivity contribution < 1.29 is 5.11 Å². The van der Waals surface area contributed by atoms with Gasteiger partial charge in [-0.2, -0.15) is 0 Å². The molecule has 0 aliphatic rings. The third kappa shape index (κ3) is 2.69. The van der Waals surface area contributed by atoms with Crippen LogP contribution in [0.1, 0.15) is 6.92 Å². The van der Waals surface area contributed by atoms with Crippen LogP contribution < -0.4 is 0 Å². The monoisotopic (exact) mass is 210 g/mol. The maximum atomic E-state index is 8.82. The van der Waals surface area contributed by atoms with Crippen LogP contribution in [0.4, 0.5) is 0 Å². The Morgan fingerprint density at radius 2 is 1.67 bits per heavy atom. The Labute approximate surface area is 73.8 Å². The highest BCUT2D eigenvalue weighted by Gasteiger charge is 2.37. The van der Waals surface area contributed by atoms with Gasteiger partial charge in [-0.1, -0.05) is 23.2 Å². The van der Waals surface area contributed by atoms with Gasteiger partial charge in [0.05, 0.1) is 6.10 Å². The van der Waals surface area contributed by atoms with Crippen LogP contribution in [-0.4, -0.2) is 20.4 Å². The minimum atomic E-state index is -1.47. The van der Waals surface area contributed by atoms with E-state index in [0.717, 1.165) is 0 Å². The largest absolute Gasteiger partial charge is 0.390 e. The highest BCUT2D eigenvalue weighted by molar-refractivity contribution is 6.60. The van der Waals surface area contributed by atoms with Crippen LogP contribution in [0.25, 0.3) is 0 Å². The smallest absolute Gasteiger partial charge is 0.173 e. The molecule has 0 amide bonds. The van der Waals surface area contributed by atoms with E-state index in [1.165, 1.54) is 6.92 Å². The molecule has 1 unspecified atom stereocenters. The number of halogens is 4. The molecule has 9 heavy (non-hydrogen) atoms. The fourth-order valence-electron chi connectivity index (χ4n) is 0.182. The van der Waals surface area contributed by atoms with Crippen molar-refractivity contribution in [1.82, 2.24) is 0 Å². The van der Waals surface area contributed by atoms with E-state index >= 15 is 0 Å². The summed E-state index contributed by atoms with van der Waals surface area (Å²) >= 11 is 21.5. The third-order valence-corrected chi connectivity index (χ3v) is 3.05. The molecule has 1 atom stereocenters. The highest BCUT2D eigenvalue weighted by Crippen LogP contribution is 2.35. The zero-order valence-corrected chi connectivity index (χ0v) is 7.64. The second kappa shape index (κ2) is 3.49. The molecule has 0 rings (SSSR count). The van der Waals surface area contributed by atoms with Gasteiger partial charge in [0.15, 0.2) is 4.33 Å². The van der Waals surface area contributed by atoms with Crippen molar-refractivity contribution in [3.8, 4) is 0 Å². The molecular weight excluding hydrogens is 206 g/mol. The summed E-state index contributed by atoms with van der Waals surface area (Å²) in [4.78, 5) is -0.985. The lowest BCUT2D eigenvalue weighted by molar-refractivity contribution is 0.179. The van der Waals surface area contributed by atoms with Crippen molar-refractivity contribution in [3.05, 3.63) is 0 Å². The van der Waals surface area contributed by atoms with Gasteiger partial charge in [0, 0.05) is 0 Å². The number of hydrogen-bond donors (Lipinski definition) is 1. The van der Waals surface area contributed by atoms with Gasteiger partial charge in [0.25, 0.3) is 0 Å². The lowest BCUT2D eigenvalue weighted by Crippen LogP contribution is -2.34. The first-order chi connectivity index (χ1) is 3.89. The first-order valence-electron chi connectivity index (χ1n) is 2.23. The Hall–Kier alpha value is 1.12. The molecule has 0 bridgehead atoms. The van der Waals surface area contributed by atoms with Crippen molar-refractivity contribution in [1.29, 1.82) is 0 Å². The third-order valence-electron chi connectivity index (χ3n) is 0.848.